The van der Waals surface area contributed by atoms with Crippen LogP contribution in [0.25, 0.3) is 12.2 Å². The molecule has 0 aromatic heterocycles. The molecule has 0 spiro atoms. The molecule has 142 valence electrons. The lowest BCUT2D eigenvalue weighted by molar-refractivity contribution is 0.414. The van der Waals surface area contributed by atoms with Crippen molar-refractivity contribution in [3.05, 3.63) is 89.5 Å². The van der Waals surface area contributed by atoms with E-state index in [1.807, 2.05) is 0 Å². The van der Waals surface area contributed by atoms with Crippen LogP contribution in [0.4, 0.5) is 17.1 Å². The minimum Gasteiger partial charge on any atom is -0.309 e. The number of para-hydroxylation sites is 2. The third-order valence-corrected chi connectivity index (χ3v) is 6.20. The van der Waals surface area contributed by atoms with Crippen LogP contribution in [0.1, 0.15) is 56.7 Å². The van der Waals surface area contributed by atoms with E-state index in [9.17, 15) is 0 Å². The summed E-state index contributed by atoms with van der Waals surface area (Å²) in [6.07, 6.45) is 8.04. The van der Waals surface area contributed by atoms with Gasteiger partial charge in [0.05, 0.1) is 11.4 Å². The molecule has 0 fully saturated rings. The van der Waals surface area contributed by atoms with Crippen LogP contribution >= 0.6 is 0 Å². The topological polar surface area (TPSA) is 3.24 Å². The van der Waals surface area contributed by atoms with Gasteiger partial charge in [0.25, 0.3) is 0 Å². The standard InChI is InChI=1S/C27H29N/c1-4-20-27(3,5-2)23-16-18-24(19-17-23)28-25-12-8-6-10-21(25)14-15-22-11-7-9-13-26(22)28/h6-19H,4-5,20H2,1-3H3. The second-order valence-corrected chi connectivity index (χ2v) is 8.00. The molecule has 28 heavy (non-hydrogen) atoms. The summed E-state index contributed by atoms with van der Waals surface area (Å²) < 4.78 is 0. The van der Waals surface area contributed by atoms with Gasteiger partial charge in [0.1, 0.15) is 0 Å². The Morgan fingerprint density at radius 3 is 1.75 bits per heavy atom. The maximum atomic E-state index is 2.39. The van der Waals surface area contributed by atoms with Crippen molar-refractivity contribution in [3.8, 4) is 0 Å². The highest BCUT2D eigenvalue weighted by molar-refractivity contribution is 5.93. The summed E-state index contributed by atoms with van der Waals surface area (Å²) in [6, 6.07) is 26.5. The number of benzene rings is 3. The van der Waals surface area contributed by atoms with Crippen molar-refractivity contribution in [2.75, 3.05) is 4.90 Å². The van der Waals surface area contributed by atoms with Crippen molar-refractivity contribution in [2.24, 2.45) is 0 Å². The Hall–Kier alpha value is -2.80. The van der Waals surface area contributed by atoms with E-state index in [-0.39, 0.29) is 5.41 Å². The van der Waals surface area contributed by atoms with Gasteiger partial charge in [-0.15, -0.1) is 0 Å². The molecule has 1 aliphatic heterocycles. The molecule has 0 amide bonds. The summed E-state index contributed by atoms with van der Waals surface area (Å²) in [5.41, 5.74) is 7.84. The van der Waals surface area contributed by atoms with E-state index < -0.39 is 0 Å². The molecule has 1 heterocycles. The Morgan fingerprint density at radius 2 is 1.25 bits per heavy atom. The highest BCUT2D eigenvalue weighted by Crippen LogP contribution is 2.42. The predicted octanol–water partition coefficient (Wildman–Crippen LogP) is 8.11. The maximum absolute atomic E-state index is 2.39. The highest BCUT2D eigenvalue weighted by Gasteiger charge is 2.24. The summed E-state index contributed by atoms with van der Waals surface area (Å²) in [5.74, 6) is 0. The average Bonchev–Trinajstić information content (AvgIpc) is 2.91. The van der Waals surface area contributed by atoms with Crippen molar-refractivity contribution in [2.45, 2.75) is 45.4 Å². The first-order valence-corrected chi connectivity index (χ1v) is 10.4. The van der Waals surface area contributed by atoms with Crippen LogP contribution in [0.2, 0.25) is 0 Å². The zero-order chi connectivity index (χ0) is 19.6. The number of hydrogen-bond acceptors (Lipinski definition) is 1. The lowest BCUT2D eigenvalue weighted by Gasteiger charge is -2.31. The molecule has 0 aliphatic carbocycles. The van der Waals surface area contributed by atoms with E-state index in [0.29, 0.717) is 0 Å². The van der Waals surface area contributed by atoms with Crippen LogP contribution in [-0.4, -0.2) is 0 Å². The molecule has 1 aliphatic rings. The molecule has 3 aromatic carbocycles. The first kappa shape index (κ1) is 18.6. The molecule has 1 unspecified atom stereocenters. The van der Waals surface area contributed by atoms with E-state index in [0.717, 1.165) is 0 Å². The normalized spacial score (nSPS) is 14.8. The Morgan fingerprint density at radius 1 is 0.714 bits per heavy atom. The highest BCUT2D eigenvalue weighted by atomic mass is 15.1. The quantitative estimate of drug-likeness (QED) is 0.344. The van der Waals surface area contributed by atoms with Crippen LogP contribution < -0.4 is 4.90 Å². The average molecular weight is 368 g/mol. The summed E-state index contributed by atoms with van der Waals surface area (Å²) in [7, 11) is 0. The SMILES string of the molecule is CCCC(C)(CC)c1ccc(N2c3ccccc3C=Cc3ccccc32)cc1. The van der Waals surface area contributed by atoms with E-state index >= 15 is 0 Å². The van der Waals surface area contributed by atoms with Gasteiger partial charge in [0.15, 0.2) is 0 Å². The summed E-state index contributed by atoms with van der Waals surface area (Å²) in [6.45, 7) is 6.98. The maximum Gasteiger partial charge on any atom is 0.0534 e. The molecule has 1 nitrogen and oxygen atoms in total. The Bertz CT molecular complexity index is 934. The molecule has 0 saturated heterocycles. The Labute approximate surface area is 169 Å². The second kappa shape index (κ2) is 7.67. The smallest absolute Gasteiger partial charge is 0.0534 e. The molecule has 1 heteroatoms. The number of hydrogen-bond donors (Lipinski definition) is 0. The monoisotopic (exact) mass is 367 g/mol. The van der Waals surface area contributed by atoms with Gasteiger partial charge < -0.3 is 4.90 Å². The van der Waals surface area contributed by atoms with E-state index in [2.05, 4.69) is 111 Å². The minimum atomic E-state index is 0.253. The van der Waals surface area contributed by atoms with Gasteiger partial charge in [-0.05, 0) is 59.2 Å². The fourth-order valence-corrected chi connectivity index (χ4v) is 4.34. The van der Waals surface area contributed by atoms with E-state index in [4.69, 9.17) is 0 Å². The number of nitrogens with zero attached hydrogens (tertiary/aromatic N) is 1. The minimum absolute atomic E-state index is 0.253. The van der Waals surface area contributed by atoms with Crippen molar-refractivity contribution in [1.82, 2.24) is 0 Å². The molecule has 1 atom stereocenters. The van der Waals surface area contributed by atoms with Gasteiger partial charge in [0.2, 0.25) is 0 Å². The van der Waals surface area contributed by atoms with Gasteiger partial charge in [-0.3, -0.25) is 0 Å². The van der Waals surface area contributed by atoms with Gasteiger partial charge in [-0.1, -0.05) is 87.9 Å². The van der Waals surface area contributed by atoms with Crippen LogP contribution in [0.3, 0.4) is 0 Å². The third kappa shape index (κ3) is 3.26. The van der Waals surface area contributed by atoms with Gasteiger partial charge in [-0.2, -0.15) is 0 Å². The third-order valence-electron chi connectivity index (χ3n) is 6.20. The molecule has 3 aromatic rings. The first-order chi connectivity index (χ1) is 13.7. The van der Waals surface area contributed by atoms with Crippen LogP contribution in [0.15, 0.2) is 72.8 Å². The molecular formula is C27H29N. The largest absolute Gasteiger partial charge is 0.309 e. The molecule has 0 bridgehead atoms. The lowest BCUT2D eigenvalue weighted by atomic mass is 9.76. The van der Waals surface area contributed by atoms with Gasteiger partial charge in [0, 0.05) is 5.69 Å². The Kier molecular flexibility index (Phi) is 5.09. The fourth-order valence-electron chi connectivity index (χ4n) is 4.34. The number of rotatable bonds is 5. The first-order valence-electron chi connectivity index (χ1n) is 10.4. The van der Waals surface area contributed by atoms with Gasteiger partial charge >= 0.3 is 0 Å². The predicted molar refractivity (Wildman–Crippen MR) is 123 cm³/mol. The van der Waals surface area contributed by atoms with E-state index in [1.165, 1.54) is 53.0 Å². The van der Waals surface area contributed by atoms with Crippen molar-refractivity contribution in [1.29, 1.82) is 0 Å². The van der Waals surface area contributed by atoms with Crippen molar-refractivity contribution < 1.29 is 0 Å². The summed E-state index contributed by atoms with van der Waals surface area (Å²) >= 11 is 0. The fraction of sp³-hybridized carbons (Fsp3) is 0.259. The molecule has 0 radical (unpaired) electrons. The summed E-state index contributed by atoms with van der Waals surface area (Å²) in [5, 5.41) is 0. The van der Waals surface area contributed by atoms with Crippen molar-refractivity contribution in [3.63, 3.8) is 0 Å². The summed E-state index contributed by atoms with van der Waals surface area (Å²) in [4.78, 5) is 2.39. The molecule has 0 saturated carbocycles. The zero-order valence-corrected chi connectivity index (χ0v) is 17.2. The lowest BCUT2D eigenvalue weighted by Crippen LogP contribution is -2.20. The number of anilines is 3. The van der Waals surface area contributed by atoms with Crippen molar-refractivity contribution >= 4 is 29.2 Å². The molecule has 0 N–H and O–H groups in total. The molecule has 4 rings (SSSR count). The van der Waals surface area contributed by atoms with Crippen LogP contribution in [0, 0.1) is 0 Å². The Balaban J connectivity index is 1.82. The van der Waals surface area contributed by atoms with Gasteiger partial charge in [-0.25, -0.2) is 0 Å². The van der Waals surface area contributed by atoms with Crippen LogP contribution in [-0.2, 0) is 5.41 Å². The zero-order valence-electron chi connectivity index (χ0n) is 17.2. The van der Waals surface area contributed by atoms with E-state index in [1.54, 1.807) is 0 Å². The number of fused-ring (bicyclic) bond motifs is 2. The van der Waals surface area contributed by atoms with Crippen LogP contribution in [0.5, 0.6) is 0 Å². The second-order valence-electron chi connectivity index (χ2n) is 8.00. The molecular weight excluding hydrogens is 338 g/mol.